The van der Waals surface area contributed by atoms with Crippen molar-refractivity contribution in [2.45, 2.75) is 25.4 Å². The van der Waals surface area contributed by atoms with Gasteiger partial charge in [-0.25, -0.2) is 0 Å². The average molecular weight is 196 g/mol. The molecule has 1 aromatic heterocycles. The Morgan fingerprint density at radius 3 is 3.29 bits per heavy atom. The standard InChI is InChI=1S/C9H16N4O/c1-13-7-11-12-9(13)5-10-8-3-2-4-14-6-8/h7-8,10H,2-6H2,1H3. The molecule has 1 aliphatic rings. The number of aryl methyl sites for hydroxylation is 1. The van der Waals surface area contributed by atoms with Gasteiger partial charge < -0.3 is 14.6 Å². The zero-order chi connectivity index (χ0) is 9.80. The maximum absolute atomic E-state index is 5.38. The SMILES string of the molecule is Cn1cnnc1CNC1CCCOC1. The molecule has 5 heteroatoms. The highest BCUT2D eigenvalue weighted by molar-refractivity contribution is 4.84. The lowest BCUT2D eigenvalue weighted by Crippen LogP contribution is -2.36. The molecule has 2 heterocycles. The highest BCUT2D eigenvalue weighted by Crippen LogP contribution is 2.06. The van der Waals surface area contributed by atoms with Gasteiger partial charge in [0.15, 0.2) is 0 Å². The van der Waals surface area contributed by atoms with Crippen LogP contribution in [0.5, 0.6) is 0 Å². The third kappa shape index (κ3) is 2.30. The Labute approximate surface area is 83.5 Å². The molecule has 0 spiro atoms. The van der Waals surface area contributed by atoms with E-state index in [1.54, 1.807) is 6.33 Å². The molecular weight excluding hydrogens is 180 g/mol. The first-order chi connectivity index (χ1) is 6.86. The van der Waals surface area contributed by atoms with Gasteiger partial charge in [-0.05, 0) is 12.8 Å². The summed E-state index contributed by atoms with van der Waals surface area (Å²) in [5, 5.41) is 11.3. The van der Waals surface area contributed by atoms with Gasteiger partial charge in [0.05, 0.1) is 13.2 Å². The number of ether oxygens (including phenoxy) is 1. The fraction of sp³-hybridized carbons (Fsp3) is 0.778. The van der Waals surface area contributed by atoms with Gasteiger partial charge in [0.2, 0.25) is 0 Å². The van der Waals surface area contributed by atoms with E-state index in [1.807, 2.05) is 11.6 Å². The molecular formula is C9H16N4O. The number of hydrogen-bond acceptors (Lipinski definition) is 4. The van der Waals surface area contributed by atoms with Crippen LogP contribution in [-0.2, 0) is 18.3 Å². The molecule has 14 heavy (non-hydrogen) atoms. The highest BCUT2D eigenvalue weighted by atomic mass is 16.5. The van der Waals surface area contributed by atoms with Crippen LogP contribution >= 0.6 is 0 Å². The molecule has 0 aliphatic carbocycles. The smallest absolute Gasteiger partial charge is 0.146 e. The fourth-order valence-electron chi connectivity index (χ4n) is 1.60. The minimum atomic E-state index is 0.473. The molecule has 5 nitrogen and oxygen atoms in total. The number of rotatable bonds is 3. The summed E-state index contributed by atoms with van der Waals surface area (Å²) in [6.45, 7) is 2.49. The van der Waals surface area contributed by atoms with E-state index in [2.05, 4.69) is 15.5 Å². The first-order valence-corrected chi connectivity index (χ1v) is 5.00. The molecule has 0 saturated carbocycles. The first-order valence-electron chi connectivity index (χ1n) is 5.00. The maximum Gasteiger partial charge on any atom is 0.146 e. The van der Waals surface area contributed by atoms with Crippen molar-refractivity contribution >= 4 is 0 Å². The molecule has 1 unspecified atom stereocenters. The van der Waals surface area contributed by atoms with Crippen molar-refractivity contribution in [3.05, 3.63) is 12.2 Å². The molecule has 1 aliphatic heterocycles. The van der Waals surface area contributed by atoms with Crippen molar-refractivity contribution in [1.82, 2.24) is 20.1 Å². The summed E-state index contributed by atoms with van der Waals surface area (Å²) >= 11 is 0. The molecule has 0 bridgehead atoms. The lowest BCUT2D eigenvalue weighted by atomic mass is 10.1. The lowest BCUT2D eigenvalue weighted by Gasteiger charge is -2.22. The Kier molecular flexibility index (Phi) is 3.10. The predicted molar refractivity (Wildman–Crippen MR) is 51.7 cm³/mol. The van der Waals surface area contributed by atoms with Gasteiger partial charge in [-0.3, -0.25) is 0 Å². The normalized spacial score (nSPS) is 22.5. The predicted octanol–water partition coefficient (Wildman–Crippen LogP) is 0.0837. The molecule has 2 rings (SSSR count). The molecule has 1 atom stereocenters. The molecule has 0 aromatic carbocycles. The van der Waals surface area contributed by atoms with E-state index >= 15 is 0 Å². The summed E-state index contributed by atoms with van der Waals surface area (Å²) in [6, 6.07) is 0.473. The van der Waals surface area contributed by atoms with Crippen LogP contribution in [0.3, 0.4) is 0 Å². The maximum atomic E-state index is 5.38. The van der Waals surface area contributed by atoms with Crippen molar-refractivity contribution in [3.8, 4) is 0 Å². The van der Waals surface area contributed by atoms with Gasteiger partial charge >= 0.3 is 0 Å². The minimum Gasteiger partial charge on any atom is -0.380 e. The van der Waals surface area contributed by atoms with Gasteiger partial charge in [-0.2, -0.15) is 0 Å². The minimum absolute atomic E-state index is 0.473. The van der Waals surface area contributed by atoms with Crippen molar-refractivity contribution in [1.29, 1.82) is 0 Å². The summed E-state index contributed by atoms with van der Waals surface area (Å²) < 4.78 is 7.30. The average Bonchev–Trinajstić information content (AvgIpc) is 2.63. The number of nitrogens with zero attached hydrogens (tertiary/aromatic N) is 3. The Morgan fingerprint density at radius 1 is 1.71 bits per heavy atom. The number of aromatic nitrogens is 3. The quantitative estimate of drug-likeness (QED) is 0.744. The molecule has 0 amide bonds. The molecule has 1 N–H and O–H groups in total. The van der Waals surface area contributed by atoms with E-state index in [0.717, 1.165) is 32.0 Å². The second-order valence-corrected chi connectivity index (χ2v) is 3.65. The molecule has 1 saturated heterocycles. The van der Waals surface area contributed by atoms with Crippen LogP contribution in [0.25, 0.3) is 0 Å². The third-order valence-corrected chi connectivity index (χ3v) is 2.51. The van der Waals surface area contributed by atoms with Crippen LogP contribution in [0, 0.1) is 0 Å². The topological polar surface area (TPSA) is 52.0 Å². The summed E-state index contributed by atoms with van der Waals surface area (Å²) in [5.41, 5.74) is 0. The van der Waals surface area contributed by atoms with Gasteiger partial charge in [-0.1, -0.05) is 0 Å². The van der Waals surface area contributed by atoms with Crippen LogP contribution in [0.1, 0.15) is 18.7 Å². The Bertz CT molecular complexity index is 280. The van der Waals surface area contributed by atoms with E-state index < -0.39 is 0 Å². The second kappa shape index (κ2) is 4.52. The van der Waals surface area contributed by atoms with Gasteiger partial charge in [0, 0.05) is 19.7 Å². The second-order valence-electron chi connectivity index (χ2n) is 3.65. The van der Waals surface area contributed by atoms with Crippen LogP contribution in [0.2, 0.25) is 0 Å². The summed E-state index contributed by atoms with van der Waals surface area (Å²) in [4.78, 5) is 0. The van der Waals surface area contributed by atoms with Crippen LogP contribution in [-0.4, -0.2) is 34.0 Å². The van der Waals surface area contributed by atoms with E-state index in [0.29, 0.717) is 6.04 Å². The summed E-state index contributed by atoms with van der Waals surface area (Å²) in [7, 11) is 1.95. The highest BCUT2D eigenvalue weighted by Gasteiger charge is 2.13. The molecule has 1 aromatic rings. The van der Waals surface area contributed by atoms with E-state index in [9.17, 15) is 0 Å². The largest absolute Gasteiger partial charge is 0.380 e. The zero-order valence-electron chi connectivity index (χ0n) is 8.44. The van der Waals surface area contributed by atoms with Crippen molar-refractivity contribution in [3.63, 3.8) is 0 Å². The monoisotopic (exact) mass is 196 g/mol. The first kappa shape index (κ1) is 9.61. The zero-order valence-corrected chi connectivity index (χ0v) is 8.44. The Balaban J connectivity index is 1.79. The van der Waals surface area contributed by atoms with Crippen molar-refractivity contribution in [2.75, 3.05) is 13.2 Å². The van der Waals surface area contributed by atoms with Crippen molar-refractivity contribution < 1.29 is 4.74 Å². The third-order valence-electron chi connectivity index (χ3n) is 2.51. The van der Waals surface area contributed by atoms with Gasteiger partial charge in [-0.15, -0.1) is 10.2 Å². The lowest BCUT2D eigenvalue weighted by molar-refractivity contribution is 0.0696. The van der Waals surface area contributed by atoms with Crippen LogP contribution in [0.4, 0.5) is 0 Å². The van der Waals surface area contributed by atoms with E-state index in [4.69, 9.17) is 4.74 Å². The Hall–Kier alpha value is -0.940. The Morgan fingerprint density at radius 2 is 2.64 bits per heavy atom. The molecule has 78 valence electrons. The number of nitrogens with one attached hydrogen (secondary N) is 1. The van der Waals surface area contributed by atoms with E-state index in [1.165, 1.54) is 6.42 Å². The molecule has 1 fully saturated rings. The van der Waals surface area contributed by atoms with Gasteiger partial charge in [0.1, 0.15) is 12.2 Å². The summed E-state index contributed by atoms with van der Waals surface area (Å²) in [5.74, 6) is 0.968. The van der Waals surface area contributed by atoms with Crippen LogP contribution in [0.15, 0.2) is 6.33 Å². The van der Waals surface area contributed by atoms with Crippen LogP contribution < -0.4 is 5.32 Å². The fourth-order valence-corrected chi connectivity index (χ4v) is 1.60. The van der Waals surface area contributed by atoms with E-state index in [-0.39, 0.29) is 0 Å². The number of hydrogen-bond donors (Lipinski definition) is 1. The van der Waals surface area contributed by atoms with Crippen molar-refractivity contribution in [2.24, 2.45) is 7.05 Å². The summed E-state index contributed by atoms with van der Waals surface area (Å²) in [6.07, 6.45) is 4.06. The van der Waals surface area contributed by atoms with Gasteiger partial charge in [0.25, 0.3) is 0 Å². The molecule has 0 radical (unpaired) electrons.